The van der Waals surface area contributed by atoms with E-state index in [9.17, 15) is 4.79 Å². The average molecular weight is 424 g/mol. The zero-order valence-electron chi connectivity index (χ0n) is 17.3. The van der Waals surface area contributed by atoms with Crippen LogP contribution in [-0.4, -0.2) is 33.1 Å². The van der Waals surface area contributed by atoms with Gasteiger partial charge in [-0.15, -0.1) is 10.2 Å². The molecule has 2 N–H and O–H groups in total. The number of aryl methyl sites for hydroxylation is 2. The molecule has 0 bridgehead atoms. The number of rotatable bonds is 6. The molecule has 8 heteroatoms. The number of anilines is 1. The Kier molecular flexibility index (Phi) is 5.94. The van der Waals surface area contributed by atoms with Crippen molar-refractivity contribution in [2.24, 2.45) is 0 Å². The van der Waals surface area contributed by atoms with Crippen molar-refractivity contribution in [2.75, 3.05) is 17.9 Å². The van der Waals surface area contributed by atoms with Crippen LogP contribution in [0.15, 0.2) is 53.7 Å². The van der Waals surface area contributed by atoms with Gasteiger partial charge in [0.2, 0.25) is 11.1 Å². The molecule has 4 rings (SSSR count). The second kappa shape index (κ2) is 8.79. The Balaban J connectivity index is 1.67. The molecular weight excluding hydrogens is 398 g/mol. The van der Waals surface area contributed by atoms with Crippen molar-refractivity contribution >= 4 is 23.4 Å². The number of nitrogens with one attached hydrogen (secondary N) is 2. The Labute approximate surface area is 180 Å². The Morgan fingerprint density at radius 2 is 1.97 bits per heavy atom. The average Bonchev–Trinajstić information content (AvgIpc) is 3.16. The minimum atomic E-state index is -0.413. The molecule has 0 fully saturated rings. The summed E-state index contributed by atoms with van der Waals surface area (Å²) in [6, 6.07) is 15.3. The first-order chi connectivity index (χ1) is 14.6. The highest BCUT2D eigenvalue weighted by Crippen LogP contribution is 2.38. The molecule has 0 spiro atoms. The fourth-order valence-corrected chi connectivity index (χ4v) is 4.56. The number of methoxy groups -OCH3 is 1. The maximum atomic E-state index is 13.3. The molecule has 0 radical (unpaired) electrons. The second-order valence-corrected chi connectivity index (χ2v) is 8.32. The first kappa shape index (κ1) is 20.3. The Morgan fingerprint density at radius 1 is 1.20 bits per heavy atom. The molecule has 2 aromatic carbocycles. The maximum Gasteiger partial charge on any atom is 0.240 e. The summed E-state index contributed by atoms with van der Waals surface area (Å²) >= 11 is 1.43. The third-order valence-corrected chi connectivity index (χ3v) is 6.33. The molecule has 1 aromatic heterocycles. The van der Waals surface area contributed by atoms with Crippen LogP contribution >= 0.6 is 11.8 Å². The molecule has 0 unspecified atom stereocenters. The lowest BCUT2D eigenvalue weighted by Gasteiger charge is -2.33. The van der Waals surface area contributed by atoms with Gasteiger partial charge in [-0.05, 0) is 42.7 Å². The van der Waals surface area contributed by atoms with Crippen molar-refractivity contribution in [3.63, 3.8) is 0 Å². The topological polar surface area (TPSA) is 81.1 Å². The number of nitrogens with zero attached hydrogens (tertiary/aromatic N) is 3. The Bertz CT molecular complexity index is 1030. The highest BCUT2D eigenvalue weighted by molar-refractivity contribution is 8.00. The van der Waals surface area contributed by atoms with Crippen LogP contribution in [0.2, 0.25) is 0 Å². The smallest absolute Gasteiger partial charge is 0.240 e. The van der Waals surface area contributed by atoms with Crippen molar-refractivity contribution in [1.82, 2.24) is 14.9 Å². The van der Waals surface area contributed by atoms with Crippen molar-refractivity contribution in [3.05, 3.63) is 65.5 Å². The van der Waals surface area contributed by atoms with Crippen LogP contribution in [0.25, 0.3) is 0 Å². The highest BCUT2D eigenvalue weighted by atomic mass is 32.2. The minimum absolute atomic E-state index is 0.0751. The van der Waals surface area contributed by atoms with E-state index < -0.39 is 5.25 Å². The third kappa shape index (κ3) is 4.00. The van der Waals surface area contributed by atoms with Gasteiger partial charge in [-0.3, -0.25) is 4.79 Å². The molecule has 30 heavy (non-hydrogen) atoms. The van der Waals surface area contributed by atoms with E-state index in [0.717, 1.165) is 41.2 Å². The van der Waals surface area contributed by atoms with Gasteiger partial charge in [0.1, 0.15) is 11.0 Å². The maximum absolute atomic E-state index is 13.3. The van der Waals surface area contributed by atoms with Crippen LogP contribution in [0.5, 0.6) is 5.75 Å². The van der Waals surface area contributed by atoms with Crippen LogP contribution in [-0.2, 0) is 11.2 Å². The van der Waals surface area contributed by atoms with Gasteiger partial charge in [0.25, 0.3) is 0 Å². The number of amides is 1. The fourth-order valence-electron chi connectivity index (χ4n) is 3.46. The molecule has 7 nitrogen and oxygen atoms in total. The first-order valence-electron chi connectivity index (χ1n) is 9.98. The summed E-state index contributed by atoms with van der Waals surface area (Å²) in [4.78, 5) is 13.3. The molecule has 1 aliphatic heterocycles. The van der Waals surface area contributed by atoms with Gasteiger partial charge in [0.15, 0.2) is 5.82 Å². The monoisotopic (exact) mass is 423 g/mol. The SMILES string of the molecule is CCCc1nnc2n1N[C@@H](c1ccc(OC)cc1)[C@@H](C(=O)Nc1ccccc1C)S2. The van der Waals surface area contributed by atoms with Gasteiger partial charge in [-0.1, -0.05) is 49.0 Å². The van der Waals surface area contributed by atoms with Gasteiger partial charge in [0, 0.05) is 12.1 Å². The minimum Gasteiger partial charge on any atom is -0.497 e. The quantitative estimate of drug-likeness (QED) is 0.625. The standard InChI is InChI=1S/C22H25N5O2S/c1-4-7-18-24-25-22-27(18)26-19(15-10-12-16(29-3)13-11-15)20(30-22)21(28)23-17-9-6-5-8-14(17)2/h5-6,8-13,19-20,26H,4,7H2,1-3H3,(H,23,28)/t19-,20-/m0/s1. The lowest BCUT2D eigenvalue weighted by Crippen LogP contribution is -2.41. The molecule has 3 aromatic rings. The molecule has 0 aliphatic carbocycles. The number of aromatic nitrogens is 3. The van der Waals surface area contributed by atoms with Crippen molar-refractivity contribution in [1.29, 1.82) is 0 Å². The second-order valence-electron chi connectivity index (χ2n) is 7.21. The van der Waals surface area contributed by atoms with Crippen LogP contribution in [0.3, 0.4) is 0 Å². The Hall–Kier alpha value is -3.00. The third-order valence-electron chi connectivity index (χ3n) is 5.11. The van der Waals surface area contributed by atoms with E-state index >= 15 is 0 Å². The van der Waals surface area contributed by atoms with E-state index in [1.165, 1.54) is 11.8 Å². The first-order valence-corrected chi connectivity index (χ1v) is 10.9. The molecule has 0 saturated carbocycles. The number of benzene rings is 2. The lowest BCUT2D eigenvalue weighted by atomic mass is 10.0. The summed E-state index contributed by atoms with van der Waals surface area (Å²) in [7, 11) is 1.64. The molecule has 1 aliphatic rings. The van der Waals surface area contributed by atoms with Crippen LogP contribution in [0, 0.1) is 6.92 Å². The summed E-state index contributed by atoms with van der Waals surface area (Å²) < 4.78 is 7.21. The van der Waals surface area contributed by atoms with Gasteiger partial charge < -0.3 is 15.5 Å². The van der Waals surface area contributed by atoms with E-state index in [2.05, 4.69) is 27.9 Å². The lowest BCUT2D eigenvalue weighted by molar-refractivity contribution is -0.116. The van der Waals surface area contributed by atoms with E-state index in [0.29, 0.717) is 5.16 Å². The van der Waals surface area contributed by atoms with Gasteiger partial charge in [0.05, 0.1) is 13.2 Å². The largest absolute Gasteiger partial charge is 0.497 e. The van der Waals surface area contributed by atoms with Crippen LogP contribution in [0.4, 0.5) is 5.69 Å². The summed E-state index contributed by atoms with van der Waals surface area (Å²) in [5.74, 6) is 1.57. The number of thioether (sulfide) groups is 1. The van der Waals surface area contributed by atoms with E-state index in [-0.39, 0.29) is 11.9 Å². The summed E-state index contributed by atoms with van der Waals surface area (Å²) in [5, 5.41) is 12.0. The normalized spacial score (nSPS) is 17.7. The zero-order chi connectivity index (χ0) is 21.1. The van der Waals surface area contributed by atoms with E-state index in [4.69, 9.17) is 4.74 Å². The molecule has 2 heterocycles. The van der Waals surface area contributed by atoms with Crippen molar-refractivity contribution < 1.29 is 9.53 Å². The molecule has 1 amide bonds. The molecule has 2 atom stereocenters. The van der Waals surface area contributed by atoms with Gasteiger partial charge >= 0.3 is 0 Å². The van der Waals surface area contributed by atoms with E-state index in [1.54, 1.807) is 7.11 Å². The summed E-state index contributed by atoms with van der Waals surface area (Å²) in [6.07, 6.45) is 1.78. The zero-order valence-corrected chi connectivity index (χ0v) is 18.1. The predicted molar refractivity (Wildman–Crippen MR) is 119 cm³/mol. The summed E-state index contributed by atoms with van der Waals surface area (Å²) in [5.41, 5.74) is 6.32. The fraction of sp³-hybridized carbons (Fsp3) is 0.318. The number of carbonyl (C=O) groups is 1. The number of fused-ring (bicyclic) bond motifs is 1. The number of hydrogen-bond acceptors (Lipinski definition) is 6. The van der Waals surface area contributed by atoms with Gasteiger partial charge in [-0.25, -0.2) is 4.68 Å². The number of para-hydroxylation sites is 1. The van der Waals surface area contributed by atoms with E-state index in [1.807, 2.05) is 60.1 Å². The molecule has 156 valence electrons. The number of hydrogen-bond donors (Lipinski definition) is 2. The number of carbonyl (C=O) groups excluding carboxylic acids is 1. The Morgan fingerprint density at radius 3 is 2.67 bits per heavy atom. The van der Waals surface area contributed by atoms with Crippen LogP contribution < -0.4 is 15.5 Å². The van der Waals surface area contributed by atoms with Gasteiger partial charge in [-0.2, -0.15) is 0 Å². The highest BCUT2D eigenvalue weighted by Gasteiger charge is 2.37. The number of ether oxygens (including phenoxy) is 1. The van der Waals surface area contributed by atoms with Crippen LogP contribution in [0.1, 0.15) is 36.3 Å². The van der Waals surface area contributed by atoms with Crippen molar-refractivity contribution in [3.8, 4) is 5.75 Å². The predicted octanol–water partition coefficient (Wildman–Crippen LogP) is 3.95. The molecule has 0 saturated heterocycles. The van der Waals surface area contributed by atoms with Crippen molar-refractivity contribution in [2.45, 2.75) is 43.1 Å². The summed E-state index contributed by atoms with van der Waals surface area (Å²) in [6.45, 7) is 4.09. The molecular formula is C22H25N5O2S.